The van der Waals surface area contributed by atoms with Crippen LogP contribution in [0.2, 0.25) is 0 Å². The van der Waals surface area contributed by atoms with E-state index in [0.717, 1.165) is 5.57 Å². The first-order valence-corrected chi connectivity index (χ1v) is 4.59. The molecule has 0 spiro atoms. The summed E-state index contributed by atoms with van der Waals surface area (Å²) in [6, 6.07) is 0. The fourth-order valence-corrected chi connectivity index (χ4v) is 2.07. The molecule has 0 aromatic rings. The molecule has 1 heterocycles. The van der Waals surface area contributed by atoms with E-state index in [0.29, 0.717) is 26.1 Å². The number of hydrogen-bond acceptors (Lipinski definition) is 4. The van der Waals surface area contributed by atoms with Gasteiger partial charge in [-0.3, -0.25) is 9.59 Å². The van der Waals surface area contributed by atoms with Crippen LogP contribution in [0.25, 0.3) is 0 Å². The lowest BCUT2D eigenvalue weighted by Crippen LogP contribution is -2.37. The van der Waals surface area contributed by atoms with Crippen LogP contribution in [0.4, 0.5) is 0 Å². The van der Waals surface area contributed by atoms with Gasteiger partial charge in [-0.25, -0.2) is 0 Å². The number of ether oxygens (including phenoxy) is 2. The van der Waals surface area contributed by atoms with Crippen LogP contribution in [0.3, 0.4) is 0 Å². The highest BCUT2D eigenvalue weighted by Gasteiger charge is 2.49. The Morgan fingerprint density at radius 2 is 2.43 bits per heavy atom. The van der Waals surface area contributed by atoms with E-state index in [1.54, 1.807) is 0 Å². The Labute approximate surface area is 81.9 Å². The van der Waals surface area contributed by atoms with Crippen LogP contribution < -0.4 is 0 Å². The summed E-state index contributed by atoms with van der Waals surface area (Å²) in [4.78, 5) is 22.8. The molecule has 0 saturated carbocycles. The van der Waals surface area contributed by atoms with Gasteiger partial charge in [-0.2, -0.15) is 0 Å². The Morgan fingerprint density at radius 3 is 3.14 bits per heavy atom. The maximum Gasteiger partial charge on any atom is 0.318 e. The highest BCUT2D eigenvalue weighted by atomic mass is 16.5. The van der Waals surface area contributed by atoms with Gasteiger partial charge in [-0.05, 0) is 18.1 Å². The molecule has 2 aliphatic rings. The number of hydrogen-bond donors (Lipinski definition) is 0. The number of carbonyl (C=O) groups excluding carboxylic acids is 2. The fourth-order valence-electron chi connectivity index (χ4n) is 2.07. The third-order valence-corrected chi connectivity index (χ3v) is 2.93. The molecule has 1 fully saturated rings. The van der Waals surface area contributed by atoms with Crippen molar-refractivity contribution in [3.05, 3.63) is 11.6 Å². The number of methoxy groups -OCH3 is 1. The first-order valence-electron chi connectivity index (χ1n) is 4.59. The molecule has 0 radical (unpaired) electrons. The van der Waals surface area contributed by atoms with E-state index in [9.17, 15) is 9.59 Å². The second-order valence-corrected chi connectivity index (χ2v) is 3.70. The summed E-state index contributed by atoms with van der Waals surface area (Å²) < 4.78 is 10.0. The highest BCUT2D eigenvalue weighted by molar-refractivity contribution is 5.95. The van der Waals surface area contributed by atoms with Crippen LogP contribution in [0.15, 0.2) is 11.6 Å². The Morgan fingerprint density at radius 1 is 1.64 bits per heavy atom. The molecule has 0 aromatic carbocycles. The van der Waals surface area contributed by atoms with Gasteiger partial charge >= 0.3 is 5.97 Å². The van der Waals surface area contributed by atoms with Crippen molar-refractivity contribution in [2.45, 2.75) is 12.8 Å². The maximum absolute atomic E-state index is 11.6. The molecule has 14 heavy (non-hydrogen) atoms. The molecule has 0 aromatic heterocycles. The van der Waals surface area contributed by atoms with Gasteiger partial charge in [-0.15, -0.1) is 0 Å². The van der Waals surface area contributed by atoms with Crippen molar-refractivity contribution >= 4 is 11.8 Å². The topological polar surface area (TPSA) is 52.6 Å². The normalized spacial score (nSPS) is 30.9. The SMILES string of the molecule is COC(=O)[C@]12CCC(=O)C=C1COC2. The first kappa shape index (κ1) is 9.40. The standard InChI is InChI=1S/C10H12O4/c1-13-9(12)10-3-2-8(11)4-7(10)5-14-6-10/h4H,2-3,5-6H2,1H3/t10-/m0/s1. The zero-order chi connectivity index (χ0) is 10.2. The second kappa shape index (κ2) is 3.20. The van der Waals surface area contributed by atoms with Crippen LogP contribution in [0.1, 0.15) is 12.8 Å². The van der Waals surface area contributed by atoms with E-state index in [1.165, 1.54) is 13.2 Å². The van der Waals surface area contributed by atoms with Gasteiger partial charge in [0.25, 0.3) is 0 Å². The van der Waals surface area contributed by atoms with E-state index in [1.807, 2.05) is 0 Å². The van der Waals surface area contributed by atoms with Gasteiger partial charge in [-0.1, -0.05) is 0 Å². The van der Waals surface area contributed by atoms with E-state index < -0.39 is 5.41 Å². The first-order chi connectivity index (χ1) is 6.69. The molecule has 2 rings (SSSR count). The lowest BCUT2D eigenvalue weighted by molar-refractivity contribution is -0.151. The van der Waals surface area contributed by atoms with E-state index in [4.69, 9.17) is 9.47 Å². The van der Waals surface area contributed by atoms with Gasteiger partial charge in [0.15, 0.2) is 5.78 Å². The van der Waals surface area contributed by atoms with Gasteiger partial charge < -0.3 is 9.47 Å². The van der Waals surface area contributed by atoms with Gasteiger partial charge in [0.1, 0.15) is 5.41 Å². The second-order valence-electron chi connectivity index (χ2n) is 3.70. The molecule has 76 valence electrons. The summed E-state index contributed by atoms with van der Waals surface area (Å²) >= 11 is 0. The summed E-state index contributed by atoms with van der Waals surface area (Å²) in [6.45, 7) is 0.722. The molecular weight excluding hydrogens is 184 g/mol. The average molecular weight is 196 g/mol. The summed E-state index contributed by atoms with van der Waals surface area (Å²) in [5, 5.41) is 0. The predicted octanol–water partition coefficient (Wildman–Crippen LogP) is 0.465. The smallest absolute Gasteiger partial charge is 0.318 e. The molecule has 0 amide bonds. The highest BCUT2D eigenvalue weighted by Crippen LogP contribution is 2.42. The Bertz CT molecular complexity index is 318. The Balaban J connectivity index is 2.37. The average Bonchev–Trinajstić information content (AvgIpc) is 2.60. The minimum Gasteiger partial charge on any atom is -0.468 e. The number of rotatable bonds is 1. The minimum atomic E-state index is -0.664. The van der Waals surface area contributed by atoms with Crippen molar-refractivity contribution in [1.82, 2.24) is 0 Å². The molecule has 0 unspecified atom stereocenters. The van der Waals surface area contributed by atoms with Crippen molar-refractivity contribution in [1.29, 1.82) is 0 Å². The van der Waals surface area contributed by atoms with Crippen LogP contribution >= 0.6 is 0 Å². The Kier molecular flexibility index (Phi) is 2.15. The van der Waals surface area contributed by atoms with Crippen LogP contribution in [0, 0.1) is 5.41 Å². The van der Waals surface area contributed by atoms with E-state index in [2.05, 4.69) is 0 Å². The summed E-state index contributed by atoms with van der Waals surface area (Å²) in [5.74, 6) is -0.209. The number of ketones is 1. The predicted molar refractivity (Wildman–Crippen MR) is 47.6 cm³/mol. The summed E-state index contributed by atoms with van der Waals surface area (Å²) in [5.41, 5.74) is 0.114. The van der Waals surface area contributed by atoms with Crippen molar-refractivity contribution in [2.24, 2.45) is 5.41 Å². The summed E-state index contributed by atoms with van der Waals surface area (Å²) in [7, 11) is 1.36. The van der Waals surface area contributed by atoms with Gasteiger partial charge in [0, 0.05) is 6.42 Å². The van der Waals surface area contributed by atoms with Gasteiger partial charge in [0.2, 0.25) is 0 Å². The largest absolute Gasteiger partial charge is 0.468 e. The third-order valence-electron chi connectivity index (χ3n) is 2.93. The van der Waals surface area contributed by atoms with Crippen LogP contribution in [-0.2, 0) is 19.1 Å². The molecule has 4 nitrogen and oxygen atoms in total. The fraction of sp³-hybridized carbons (Fsp3) is 0.600. The number of fused-ring (bicyclic) bond motifs is 1. The van der Waals surface area contributed by atoms with Gasteiger partial charge in [0.05, 0.1) is 20.3 Å². The number of allylic oxidation sites excluding steroid dienone is 1. The quantitative estimate of drug-likeness (QED) is 0.572. The molecule has 0 bridgehead atoms. The molecule has 1 atom stereocenters. The monoisotopic (exact) mass is 196 g/mol. The lowest BCUT2D eigenvalue weighted by Gasteiger charge is -2.28. The molecule has 4 heteroatoms. The lowest BCUT2D eigenvalue weighted by atomic mass is 9.74. The molecule has 0 N–H and O–H groups in total. The molecule has 1 saturated heterocycles. The van der Waals surface area contributed by atoms with Crippen molar-refractivity contribution in [2.75, 3.05) is 20.3 Å². The molecule has 1 aliphatic heterocycles. The van der Waals surface area contributed by atoms with Crippen LogP contribution in [-0.4, -0.2) is 32.1 Å². The van der Waals surface area contributed by atoms with Crippen molar-refractivity contribution < 1.29 is 19.1 Å². The zero-order valence-corrected chi connectivity index (χ0v) is 8.04. The number of carbonyl (C=O) groups is 2. The third kappa shape index (κ3) is 1.18. The zero-order valence-electron chi connectivity index (χ0n) is 8.04. The maximum atomic E-state index is 11.6. The minimum absolute atomic E-state index is 0.0741. The summed E-state index contributed by atoms with van der Waals surface area (Å²) in [6.07, 6.45) is 2.46. The van der Waals surface area contributed by atoms with E-state index >= 15 is 0 Å². The molecule has 1 aliphatic carbocycles. The molecular formula is C10H12O4. The van der Waals surface area contributed by atoms with E-state index in [-0.39, 0.29) is 11.8 Å². The van der Waals surface area contributed by atoms with Crippen molar-refractivity contribution in [3.8, 4) is 0 Å². The van der Waals surface area contributed by atoms with Crippen LogP contribution in [0.5, 0.6) is 0 Å². The Hall–Kier alpha value is -1.16. The van der Waals surface area contributed by atoms with Crippen molar-refractivity contribution in [3.63, 3.8) is 0 Å². The number of esters is 1.